The molecule has 0 spiro atoms. The van der Waals surface area contributed by atoms with Gasteiger partial charge < -0.3 is 4.74 Å². The van der Waals surface area contributed by atoms with Crippen LogP contribution in [0, 0.1) is 0 Å². The van der Waals surface area contributed by atoms with Crippen LogP contribution in [0.5, 0.6) is 11.5 Å². The Kier molecular flexibility index (Phi) is 5.24. The van der Waals surface area contributed by atoms with Crippen LogP contribution in [-0.2, 0) is 0 Å². The van der Waals surface area contributed by atoms with Crippen LogP contribution in [0.15, 0.2) is 71.2 Å². The first-order chi connectivity index (χ1) is 11.5. The van der Waals surface area contributed by atoms with Crippen molar-refractivity contribution in [1.29, 1.82) is 0 Å². The molecule has 0 amide bonds. The van der Waals surface area contributed by atoms with Crippen LogP contribution < -0.4 is 4.74 Å². The van der Waals surface area contributed by atoms with Gasteiger partial charge in [0.05, 0.1) is 5.02 Å². The molecule has 0 aromatic heterocycles. The maximum Gasteiger partial charge on any atom is 0.194 e. The summed E-state index contributed by atoms with van der Waals surface area (Å²) in [6.45, 7) is 0. The lowest BCUT2D eigenvalue weighted by Crippen LogP contribution is -2.02. The fourth-order valence-electron chi connectivity index (χ4n) is 2.14. The highest BCUT2D eigenvalue weighted by molar-refractivity contribution is 9.10. The van der Waals surface area contributed by atoms with E-state index in [9.17, 15) is 4.79 Å². The van der Waals surface area contributed by atoms with Crippen LogP contribution in [0.25, 0.3) is 0 Å². The molecule has 3 rings (SSSR count). The van der Waals surface area contributed by atoms with Gasteiger partial charge in [0, 0.05) is 20.6 Å². The highest BCUT2D eigenvalue weighted by Gasteiger charge is 2.13. The number of carbonyl (C=O) groups excluding carboxylic acids is 1. The van der Waals surface area contributed by atoms with Gasteiger partial charge >= 0.3 is 0 Å². The molecule has 3 aromatic rings. The molecule has 2 nitrogen and oxygen atoms in total. The zero-order valence-electron chi connectivity index (χ0n) is 12.3. The van der Waals surface area contributed by atoms with Gasteiger partial charge in [0.15, 0.2) is 5.78 Å². The molecule has 0 unspecified atom stereocenters. The molecule has 0 fully saturated rings. The van der Waals surface area contributed by atoms with E-state index in [0.717, 1.165) is 10.2 Å². The second kappa shape index (κ2) is 7.39. The number of hydrogen-bond donors (Lipinski definition) is 0. The summed E-state index contributed by atoms with van der Waals surface area (Å²) in [5.41, 5.74) is 0.896. The minimum absolute atomic E-state index is 0.183. The van der Waals surface area contributed by atoms with E-state index in [0.29, 0.717) is 26.9 Å². The minimum atomic E-state index is -0.183. The Bertz CT molecular complexity index is 875. The standard InChI is InChI=1S/C19H11BrCl2O2/c20-13-3-8-16(9-4-13)24-15-6-1-12(2-7-15)19(23)17-11-14(21)5-10-18(17)22/h1-11H. The SMILES string of the molecule is O=C(c1ccc(Oc2ccc(Br)cc2)cc1)c1cc(Cl)ccc1Cl. The Hall–Kier alpha value is -1.81. The molecule has 0 saturated carbocycles. The molecular weight excluding hydrogens is 411 g/mol. The summed E-state index contributed by atoms with van der Waals surface area (Å²) in [6, 6.07) is 19.2. The number of hydrogen-bond acceptors (Lipinski definition) is 2. The Labute approximate surface area is 158 Å². The number of benzene rings is 3. The van der Waals surface area contributed by atoms with Crippen molar-refractivity contribution in [3.05, 3.63) is 92.4 Å². The molecule has 0 aliphatic carbocycles. The Morgan fingerprint density at radius 1 is 0.833 bits per heavy atom. The lowest BCUT2D eigenvalue weighted by molar-refractivity contribution is 0.103. The van der Waals surface area contributed by atoms with Gasteiger partial charge in [-0.25, -0.2) is 0 Å². The van der Waals surface area contributed by atoms with Crippen molar-refractivity contribution in [2.45, 2.75) is 0 Å². The van der Waals surface area contributed by atoms with Crippen molar-refractivity contribution in [1.82, 2.24) is 0 Å². The fraction of sp³-hybridized carbons (Fsp3) is 0. The van der Waals surface area contributed by atoms with E-state index in [-0.39, 0.29) is 5.78 Å². The first-order valence-electron chi connectivity index (χ1n) is 7.06. The third kappa shape index (κ3) is 3.99. The molecular formula is C19H11BrCl2O2. The topological polar surface area (TPSA) is 26.3 Å². The number of rotatable bonds is 4. The Morgan fingerprint density at radius 3 is 2.04 bits per heavy atom. The summed E-state index contributed by atoms with van der Waals surface area (Å²) in [4.78, 5) is 12.5. The van der Waals surface area contributed by atoms with E-state index in [1.54, 1.807) is 42.5 Å². The van der Waals surface area contributed by atoms with E-state index in [1.807, 2.05) is 24.3 Å². The molecule has 0 radical (unpaired) electrons. The Balaban J connectivity index is 1.80. The van der Waals surface area contributed by atoms with Gasteiger partial charge in [-0.05, 0) is 66.7 Å². The van der Waals surface area contributed by atoms with Gasteiger partial charge in [-0.2, -0.15) is 0 Å². The van der Waals surface area contributed by atoms with Crippen molar-refractivity contribution in [3.8, 4) is 11.5 Å². The van der Waals surface area contributed by atoms with Gasteiger partial charge in [-0.1, -0.05) is 39.1 Å². The van der Waals surface area contributed by atoms with Crippen molar-refractivity contribution in [2.24, 2.45) is 0 Å². The number of ketones is 1. The number of halogens is 3. The van der Waals surface area contributed by atoms with Crippen molar-refractivity contribution < 1.29 is 9.53 Å². The van der Waals surface area contributed by atoms with Gasteiger partial charge in [-0.15, -0.1) is 0 Å². The quantitative estimate of drug-likeness (QED) is 0.434. The van der Waals surface area contributed by atoms with Crippen molar-refractivity contribution in [2.75, 3.05) is 0 Å². The van der Waals surface area contributed by atoms with Crippen molar-refractivity contribution >= 4 is 44.9 Å². The molecule has 120 valence electrons. The van der Waals surface area contributed by atoms with Crippen LogP contribution in [0.2, 0.25) is 10.0 Å². The molecule has 0 atom stereocenters. The minimum Gasteiger partial charge on any atom is -0.457 e. The van der Waals surface area contributed by atoms with E-state index >= 15 is 0 Å². The Morgan fingerprint density at radius 2 is 1.42 bits per heavy atom. The predicted octanol–water partition coefficient (Wildman–Crippen LogP) is 6.78. The lowest BCUT2D eigenvalue weighted by atomic mass is 10.0. The average molecular weight is 422 g/mol. The molecule has 5 heteroatoms. The van der Waals surface area contributed by atoms with Crippen molar-refractivity contribution in [3.63, 3.8) is 0 Å². The number of ether oxygens (including phenoxy) is 1. The lowest BCUT2D eigenvalue weighted by Gasteiger charge is -2.08. The molecule has 0 saturated heterocycles. The monoisotopic (exact) mass is 420 g/mol. The van der Waals surface area contributed by atoms with E-state index in [1.165, 1.54) is 0 Å². The molecule has 0 bridgehead atoms. The molecule has 0 aliphatic rings. The molecule has 3 aromatic carbocycles. The van der Waals surface area contributed by atoms with Gasteiger partial charge in [0.2, 0.25) is 0 Å². The maximum atomic E-state index is 12.5. The summed E-state index contributed by atoms with van der Waals surface area (Å²) in [5.74, 6) is 1.18. The third-order valence-corrected chi connectivity index (χ3v) is 4.43. The summed E-state index contributed by atoms with van der Waals surface area (Å²) in [6.07, 6.45) is 0. The summed E-state index contributed by atoms with van der Waals surface area (Å²) < 4.78 is 6.72. The third-order valence-electron chi connectivity index (χ3n) is 3.34. The summed E-state index contributed by atoms with van der Waals surface area (Å²) in [5, 5.41) is 0.845. The van der Waals surface area contributed by atoms with Gasteiger partial charge in [0.1, 0.15) is 11.5 Å². The van der Waals surface area contributed by atoms with E-state index in [4.69, 9.17) is 27.9 Å². The van der Waals surface area contributed by atoms with E-state index < -0.39 is 0 Å². The molecule has 0 N–H and O–H groups in total. The first kappa shape index (κ1) is 17.0. The van der Waals surface area contributed by atoms with Crippen LogP contribution >= 0.6 is 39.1 Å². The van der Waals surface area contributed by atoms with Crippen LogP contribution in [0.3, 0.4) is 0 Å². The van der Waals surface area contributed by atoms with Gasteiger partial charge in [-0.3, -0.25) is 4.79 Å². The fourth-order valence-corrected chi connectivity index (χ4v) is 2.78. The second-order valence-corrected chi connectivity index (χ2v) is 6.79. The molecule has 0 aliphatic heterocycles. The average Bonchev–Trinajstić information content (AvgIpc) is 2.59. The largest absolute Gasteiger partial charge is 0.457 e. The zero-order chi connectivity index (χ0) is 17.1. The molecule has 24 heavy (non-hydrogen) atoms. The highest BCUT2D eigenvalue weighted by Crippen LogP contribution is 2.26. The summed E-state index contributed by atoms with van der Waals surface area (Å²) >= 11 is 15.4. The highest BCUT2D eigenvalue weighted by atomic mass is 79.9. The van der Waals surface area contributed by atoms with E-state index in [2.05, 4.69) is 15.9 Å². The first-order valence-corrected chi connectivity index (χ1v) is 8.61. The predicted molar refractivity (Wildman–Crippen MR) is 101 cm³/mol. The van der Waals surface area contributed by atoms with Gasteiger partial charge in [0.25, 0.3) is 0 Å². The van der Waals surface area contributed by atoms with Crippen LogP contribution in [0.1, 0.15) is 15.9 Å². The molecule has 0 heterocycles. The number of carbonyl (C=O) groups is 1. The smallest absolute Gasteiger partial charge is 0.194 e. The second-order valence-electron chi connectivity index (χ2n) is 5.03. The van der Waals surface area contributed by atoms with Crippen LogP contribution in [0.4, 0.5) is 0 Å². The normalized spacial score (nSPS) is 10.5. The van der Waals surface area contributed by atoms with Crippen LogP contribution in [-0.4, -0.2) is 5.78 Å². The zero-order valence-corrected chi connectivity index (χ0v) is 15.4. The summed E-state index contributed by atoms with van der Waals surface area (Å²) in [7, 11) is 0. The maximum absolute atomic E-state index is 12.5.